The summed E-state index contributed by atoms with van der Waals surface area (Å²) in [7, 11) is 0. The van der Waals surface area contributed by atoms with E-state index < -0.39 is 0 Å². The molecular weight excluding hydrogens is 216 g/mol. The molecule has 3 rings (SSSR count). The molecule has 98 valence electrons. The Morgan fingerprint density at radius 2 is 1.67 bits per heavy atom. The maximum Gasteiger partial charge on any atom is -0.0131 e. The molecule has 0 bridgehead atoms. The zero-order chi connectivity index (χ0) is 12.7. The average molecular weight is 242 g/mol. The zero-order valence-electron chi connectivity index (χ0n) is 12.1. The van der Waals surface area contributed by atoms with Crippen molar-refractivity contribution in [1.29, 1.82) is 0 Å². The molecule has 0 aliphatic heterocycles. The molecule has 0 heterocycles. The third-order valence-electron chi connectivity index (χ3n) is 5.26. The molecule has 2 aliphatic rings. The highest BCUT2D eigenvalue weighted by molar-refractivity contribution is 5.32. The minimum atomic E-state index is 0.854. The molecule has 2 fully saturated rings. The van der Waals surface area contributed by atoms with Crippen molar-refractivity contribution in [3.8, 4) is 0 Å². The zero-order valence-corrected chi connectivity index (χ0v) is 12.1. The van der Waals surface area contributed by atoms with E-state index in [9.17, 15) is 0 Å². The van der Waals surface area contributed by atoms with E-state index in [1.54, 1.807) is 5.56 Å². The van der Waals surface area contributed by atoms with Crippen molar-refractivity contribution < 1.29 is 0 Å². The molecule has 0 saturated heterocycles. The van der Waals surface area contributed by atoms with Crippen molar-refractivity contribution in [1.82, 2.24) is 0 Å². The highest BCUT2D eigenvalue weighted by Crippen LogP contribution is 2.51. The Balaban J connectivity index is 1.90. The highest BCUT2D eigenvalue weighted by atomic mass is 14.4. The van der Waals surface area contributed by atoms with Gasteiger partial charge in [0.05, 0.1) is 0 Å². The number of hydrogen-bond acceptors (Lipinski definition) is 0. The van der Waals surface area contributed by atoms with Gasteiger partial charge in [0, 0.05) is 0 Å². The van der Waals surface area contributed by atoms with Gasteiger partial charge in [-0.15, -0.1) is 0 Å². The van der Waals surface area contributed by atoms with E-state index in [1.807, 2.05) is 0 Å². The molecule has 1 aromatic carbocycles. The van der Waals surface area contributed by atoms with Crippen molar-refractivity contribution >= 4 is 0 Å². The summed E-state index contributed by atoms with van der Waals surface area (Å²) in [5.41, 5.74) is 4.52. The molecule has 0 spiro atoms. The van der Waals surface area contributed by atoms with Crippen LogP contribution in [-0.4, -0.2) is 0 Å². The van der Waals surface area contributed by atoms with Crippen LogP contribution in [0.1, 0.15) is 61.6 Å². The predicted molar refractivity (Wildman–Crippen MR) is 77.9 cm³/mol. The van der Waals surface area contributed by atoms with Crippen molar-refractivity contribution in [2.45, 2.75) is 58.8 Å². The molecule has 1 aromatic rings. The smallest absolute Gasteiger partial charge is 0.0131 e. The normalized spacial score (nSPS) is 35.5. The molecule has 2 saturated carbocycles. The summed E-state index contributed by atoms with van der Waals surface area (Å²) in [5.74, 6) is 3.83. The molecule has 0 amide bonds. The van der Waals surface area contributed by atoms with E-state index in [2.05, 4.69) is 39.0 Å². The van der Waals surface area contributed by atoms with E-state index in [0.29, 0.717) is 0 Å². The van der Waals surface area contributed by atoms with E-state index >= 15 is 0 Å². The van der Waals surface area contributed by atoms with E-state index in [-0.39, 0.29) is 0 Å². The maximum absolute atomic E-state index is 2.46. The van der Waals surface area contributed by atoms with Gasteiger partial charge in [-0.25, -0.2) is 0 Å². The Labute approximate surface area is 112 Å². The van der Waals surface area contributed by atoms with Gasteiger partial charge < -0.3 is 0 Å². The van der Waals surface area contributed by atoms with Crippen molar-refractivity contribution in [3.05, 3.63) is 34.9 Å². The summed E-state index contributed by atoms with van der Waals surface area (Å²) in [5, 5.41) is 0. The first-order chi connectivity index (χ1) is 8.63. The second kappa shape index (κ2) is 4.72. The highest BCUT2D eigenvalue weighted by Gasteiger charge is 2.39. The van der Waals surface area contributed by atoms with Crippen LogP contribution in [0.3, 0.4) is 0 Å². The summed E-state index contributed by atoms with van der Waals surface area (Å²) in [6.07, 6.45) is 7.34. The molecule has 2 aliphatic carbocycles. The van der Waals surface area contributed by atoms with Gasteiger partial charge in [-0.05, 0) is 62.3 Å². The van der Waals surface area contributed by atoms with Crippen LogP contribution in [0.25, 0.3) is 0 Å². The van der Waals surface area contributed by atoms with Crippen LogP contribution < -0.4 is 0 Å². The summed E-state index contributed by atoms with van der Waals surface area (Å²) in [4.78, 5) is 0. The van der Waals surface area contributed by atoms with Gasteiger partial charge in [-0.2, -0.15) is 0 Å². The van der Waals surface area contributed by atoms with Crippen LogP contribution in [0.5, 0.6) is 0 Å². The fourth-order valence-corrected chi connectivity index (χ4v) is 4.72. The van der Waals surface area contributed by atoms with Gasteiger partial charge in [0.1, 0.15) is 0 Å². The van der Waals surface area contributed by atoms with Crippen LogP contribution in [0.2, 0.25) is 0 Å². The van der Waals surface area contributed by atoms with Crippen molar-refractivity contribution in [3.63, 3.8) is 0 Å². The first-order valence-electron chi connectivity index (χ1n) is 7.71. The van der Waals surface area contributed by atoms with E-state index in [0.717, 1.165) is 23.7 Å². The van der Waals surface area contributed by atoms with Gasteiger partial charge in [-0.3, -0.25) is 0 Å². The fraction of sp³-hybridized carbons (Fsp3) is 0.667. The van der Waals surface area contributed by atoms with Crippen LogP contribution >= 0.6 is 0 Å². The van der Waals surface area contributed by atoms with Crippen LogP contribution in [0, 0.1) is 31.6 Å². The lowest BCUT2D eigenvalue weighted by Crippen LogP contribution is -2.22. The van der Waals surface area contributed by atoms with Gasteiger partial charge in [0.15, 0.2) is 0 Å². The molecule has 0 heteroatoms. The Kier molecular flexibility index (Phi) is 3.21. The average Bonchev–Trinajstić information content (AvgIpc) is 2.67. The predicted octanol–water partition coefficient (Wildman–Crippen LogP) is 5.23. The standard InChI is InChI=1S/C18H26/c1-12-7-13(2)10-16(9-12)17-6-4-5-15-8-14(3)11-18(15)17/h7,9-10,14-15,17-18H,4-6,8,11H2,1-3H3. The van der Waals surface area contributed by atoms with Crippen LogP contribution in [-0.2, 0) is 0 Å². The third-order valence-corrected chi connectivity index (χ3v) is 5.26. The van der Waals surface area contributed by atoms with Gasteiger partial charge in [-0.1, -0.05) is 49.1 Å². The maximum atomic E-state index is 2.46. The quantitative estimate of drug-likeness (QED) is 0.632. The molecule has 0 radical (unpaired) electrons. The SMILES string of the molecule is Cc1cc(C)cc(C2CCCC3CC(C)CC32)c1. The monoisotopic (exact) mass is 242 g/mol. The lowest BCUT2D eigenvalue weighted by molar-refractivity contribution is 0.238. The van der Waals surface area contributed by atoms with Gasteiger partial charge >= 0.3 is 0 Å². The Morgan fingerprint density at radius 1 is 0.944 bits per heavy atom. The number of fused-ring (bicyclic) bond motifs is 1. The van der Waals surface area contributed by atoms with Crippen LogP contribution in [0.15, 0.2) is 18.2 Å². The van der Waals surface area contributed by atoms with Gasteiger partial charge in [0.2, 0.25) is 0 Å². The first kappa shape index (κ1) is 12.3. The summed E-state index contributed by atoms with van der Waals surface area (Å²) in [6.45, 7) is 6.94. The number of aryl methyl sites for hydroxylation is 2. The molecule has 18 heavy (non-hydrogen) atoms. The molecule has 0 nitrogen and oxygen atoms in total. The molecule has 4 unspecified atom stereocenters. The van der Waals surface area contributed by atoms with Crippen molar-refractivity contribution in [2.24, 2.45) is 17.8 Å². The topological polar surface area (TPSA) is 0 Å². The summed E-state index contributed by atoms with van der Waals surface area (Å²) in [6, 6.07) is 7.20. The van der Waals surface area contributed by atoms with Gasteiger partial charge in [0.25, 0.3) is 0 Å². The number of hydrogen-bond donors (Lipinski definition) is 0. The summed E-state index contributed by atoms with van der Waals surface area (Å²) < 4.78 is 0. The second-order valence-electron chi connectivity index (χ2n) is 6.96. The Bertz CT molecular complexity index is 411. The number of benzene rings is 1. The fourth-order valence-electron chi connectivity index (χ4n) is 4.72. The minimum absolute atomic E-state index is 0.854. The van der Waals surface area contributed by atoms with E-state index in [1.165, 1.54) is 43.2 Å². The van der Waals surface area contributed by atoms with Crippen molar-refractivity contribution in [2.75, 3.05) is 0 Å². The molecular formula is C18H26. The number of rotatable bonds is 1. The second-order valence-corrected chi connectivity index (χ2v) is 6.96. The lowest BCUT2D eigenvalue weighted by Gasteiger charge is -2.34. The third kappa shape index (κ3) is 2.22. The lowest BCUT2D eigenvalue weighted by atomic mass is 9.70. The molecule has 0 aromatic heterocycles. The molecule has 4 atom stereocenters. The van der Waals surface area contributed by atoms with Crippen LogP contribution in [0.4, 0.5) is 0 Å². The summed E-state index contributed by atoms with van der Waals surface area (Å²) >= 11 is 0. The first-order valence-corrected chi connectivity index (χ1v) is 7.71. The largest absolute Gasteiger partial charge is 0.0625 e. The Morgan fingerprint density at radius 3 is 2.39 bits per heavy atom. The van der Waals surface area contributed by atoms with E-state index in [4.69, 9.17) is 0 Å². The minimum Gasteiger partial charge on any atom is -0.0625 e. The Hall–Kier alpha value is -0.780. The molecule has 0 N–H and O–H groups in total.